The van der Waals surface area contributed by atoms with Crippen molar-refractivity contribution in [3.63, 3.8) is 0 Å². The molecule has 0 bridgehead atoms. The van der Waals surface area contributed by atoms with Gasteiger partial charge in [0.1, 0.15) is 0 Å². The van der Waals surface area contributed by atoms with E-state index >= 15 is 0 Å². The molecular formula is C15H30N2O. The predicted octanol–water partition coefficient (Wildman–Crippen LogP) is 2.27. The van der Waals surface area contributed by atoms with Gasteiger partial charge in [-0.15, -0.1) is 0 Å². The van der Waals surface area contributed by atoms with Crippen molar-refractivity contribution in [2.75, 3.05) is 33.3 Å². The lowest BCUT2D eigenvalue weighted by Crippen LogP contribution is -2.42. The van der Waals surface area contributed by atoms with E-state index in [1.54, 1.807) is 0 Å². The maximum Gasteiger partial charge on any atom is 0.0702 e. The summed E-state index contributed by atoms with van der Waals surface area (Å²) >= 11 is 0. The van der Waals surface area contributed by atoms with Crippen molar-refractivity contribution >= 4 is 0 Å². The van der Waals surface area contributed by atoms with Crippen LogP contribution >= 0.6 is 0 Å². The van der Waals surface area contributed by atoms with Gasteiger partial charge in [-0.05, 0) is 38.6 Å². The molecule has 3 unspecified atom stereocenters. The van der Waals surface area contributed by atoms with Gasteiger partial charge in [-0.2, -0.15) is 0 Å². The fourth-order valence-corrected chi connectivity index (χ4v) is 3.29. The Bertz CT molecular complexity index is 229. The molecule has 1 aliphatic carbocycles. The molecular weight excluding hydrogens is 224 g/mol. The minimum atomic E-state index is 0.489. The minimum Gasteiger partial charge on any atom is -0.377 e. The molecule has 2 fully saturated rings. The zero-order valence-corrected chi connectivity index (χ0v) is 12.2. The van der Waals surface area contributed by atoms with E-state index in [4.69, 9.17) is 4.74 Å². The first-order valence-electron chi connectivity index (χ1n) is 7.79. The molecule has 1 aliphatic heterocycles. The van der Waals surface area contributed by atoms with Crippen LogP contribution < -0.4 is 5.32 Å². The van der Waals surface area contributed by atoms with Gasteiger partial charge in [-0.1, -0.05) is 19.8 Å². The van der Waals surface area contributed by atoms with Crippen molar-refractivity contribution in [1.82, 2.24) is 10.2 Å². The first-order valence-corrected chi connectivity index (χ1v) is 7.79. The topological polar surface area (TPSA) is 24.5 Å². The molecule has 0 aromatic carbocycles. The molecule has 3 atom stereocenters. The second-order valence-electron chi connectivity index (χ2n) is 6.22. The fourth-order valence-electron chi connectivity index (χ4n) is 3.29. The van der Waals surface area contributed by atoms with E-state index in [0.29, 0.717) is 6.10 Å². The molecule has 1 N–H and O–H groups in total. The van der Waals surface area contributed by atoms with Crippen molar-refractivity contribution in [2.45, 2.75) is 57.6 Å². The first kappa shape index (κ1) is 14.3. The van der Waals surface area contributed by atoms with E-state index in [1.165, 1.54) is 38.5 Å². The van der Waals surface area contributed by atoms with E-state index in [2.05, 4.69) is 24.2 Å². The summed E-state index contributed by atoms with van der Waals surface area (Å²) in [7, 11) is 2.22. The van der Waals surface area contributed by atoms with E-state index in [1.807, 2.05) is 0 Å². The summed E-state index contributed by atoms with van der Waals surface area (Å²) in [5, 5.41) is 3.74. The quantitative estimate of drug-likeness (QED) is 0.787. The minimum absolute atomic E-state index is 0.489. The van der Waals surface area contributed by atoms with E-state index < -0.39 is 0 Å². The van der Waals surface area contributed by atoms with Gasteiger partial charge in [-0.25, -0.2) is 0 Å². The summed E-state index contributed by atoms with van der Waals surface area (Å²) in [5.74, 6) is 0.863. The Labute approximate surface area is 112 Å². The van der Waals surface area contributed by atoms with Gasteiger partial charge in [0.25, 0.3) is 0 Å². The van der Waals surface area contributed by atoms with Crippen LogP contribution in [-0.2, 0) is 4.74 Å². The van der Waals surface area contributed by atoms with Crippen molar-refractivity contribution in [3.05, 3.63) is 0 Å². The molecule has 3 heteroatoms. The third-order valence-corrected chi connectivity index (χ3v) is 4.55. The molecule has 1 saturated carbocycles. The van der Waals surface area contributed by atoms with Crippen molar-refractivity contribution in [3.8, 4) is 0 Å². The summed E-state index contributed by atoms with van der Waals surface area (Å²) in [4.78, 5) is 2.41. The molecule has 0 spiro atoms. The molecule has 18 heavy (non-hydrogen) atoms. The zero-order chi connectivity index (χ0) is 12.8. The van der Waals surface area contributed by atoms with Crippen LogP contribution in [0.1, 0.15) is 45.4 Å². The largest absolute Gasteiger partial charge is 0.377 e. The van der Waals surface area contributed by atoms with E-state index in [0.717, 1.165) is 38.2 Å². The maximum atomic E-state index is 5.67. The maximum absolute atomic E-state index is 5.67. The predicted molar refractivity (Wildman–Crippen MR) is 75.9 cm³/mol. The van der Waals surface area contributed by atoms with Crippen LogP contribution in [0.25, 0.3) is 0 Å². The van der Waals surface area contributed by atoms with Crippen LogP contribution in [-0.4, -0.2) is 50.3 Å². The number of rotatable bonds is 6. The number of likely N-dealkylation sites (N-methyl/N-ethyl adjacent to an activating group) is 1. The highest BCUT2D eigenvalue weighted by molar-refractivity contribution is 4.78. The van der Waals surface area contributed by atoms with Crippen molar-refractivity contribution in [1.29, 1.82) is 0 Å². The van der Waals surface area contributed by atoms with Crippen LogP contribution in [0.3, 0.4) is 0 Å². The highest BCUT2D eigenvalue weighted by Crippen LogP contribution is 2.23. The second kappa shape index (κ2) is 7.46. The SMILES string of the molecule is CC1CCCCC1NCCN(C)CC1CCCO1. The molecule has 1 heterocycles. The van der Waals surface area contributed by atoms with Gasteiger partial charge in [-0.3, -0.25) is 0 Å². The lowest BCUT2D eigenvalue weighted by molar-refractivity contribution is 0.0809. The number of nitrogens with zero attached hydrogens (tertiary/aromatic N) is 1. The smallest absolute Gasteiger partial charge is 0.0702 e. The molecule has 106 valence electrons. The molecule has 3 nitrogen and oxygen atoms in total. The molecule has 1 saturated heterocycles. The molecule has 2 rings (SSSR count). The van der Waals surface area contributed by atoms with E-state index in [9.17, 15) is 0 Å². The lowest BCUT2D eigenvalue weighted by Gasteiger charge is -2.30. The third kappa shape index (κ3) is 4.52. The lowest BCUT2D eigenvalue weighted by atomic mass is 9.86. The van der Waals surface area contributed by atoms with Crippen LogP contribution in [0.4, 0.5) is 0 Å². The fraction of sp³-hybridized carbons (Fsp3) is 1.00. The highest BCUT2D eigenvalue weighted by atomic mass is 16.5. The van der Waals surface area contributed by atoms with Crippen LogP contribution in [0.5, 0.6) is 0 Å². The standard InChI is InChI=1S/C15H30N2O/c1-13-6-3-4-8-15(13)16-9-10-17(2)12-14-7-5-11-18-14/h13-16H,3-12H2,1-2H3. The Kier molecular flexibility index (Phi) is 5.93. The first-order chi connectivity index (χ1) is 8.75. The molecule has 0 aromatic rings. The molecule has 0 radical (unpaired) electrons. The Morgan fingerprint density at radius 1 is 1.17 bits per heavy atom. The summed E-state index contributed by atoms with van der Waals surface area (Å²) in [6, 6.07) is 0.759. The Morgan fingerprint density at radius 2 is 2.00 bits per heavy atom. The normalized spacial score (nSPS) is 33.2. The van der Waals surface area contributed by atoms with Gasteiger partial charge in [0.05, 0.1) is 6.10 Å². The van der Waals surface area contributed by atoms with Crippen LogP contribution in [0.15, 0.2) is 0 Å². The number of hydrogen-bond acceptors (Lipinski definition) is 3. The Morgan fingerprint density at radius 3 is 2.72 bits per heavy atom. The summed E-state index contributed by atoms with van der Waals surface area (Å²) in [5.41, 5.74) is 0. The van der Waals surface area contributed by atoms with Crippen molar-refractivity contribution < 1.29 is 4.74 Å². The Balaban J connectivity index is 1.56. The summed E-state index contributed by atoms with van der Waals surface area (Å²) < 4.78 is 5.67. The van der Waals surface area contributed by atoms with Gasteiger partial charge in [0.15, 0.2) is 0 Å². The van der Waals surface area contributed by atoms with Crippen molar-refractivity contribution in [2.24, 2.45) is 5.92 Å². The van der Waals surface area contributed by atoms with Gasteiger partial charge in [0.2, 0.25) is 0 Å². The van der Waals surface area contributed by atoms with E-state index in [-0.39, 0.29) is 0 Å². The average molecular weight is 254 g/mol. The monoisotopic (exact) mass is 254 g/mol. The van der Waals surface area contributed by atoms with Crippen LogP contribution in [0.2, 0.25) is 0 Å². The number of ether oxygens (including phenoxy) is 1. The number of hydrogen-bond donors (Lipinski definition) is 1. The van der Waals surface area contributed by atoms with Gasteiger partial charge in [0, 0.05) is 32.3 Å². The molecule has 2 aliphatic rings. The Hall–Kier alpha value is -0.120. The molecule has 0 aromatic heterocycles. The molecule has 0 amide bonds. The summed E-state index contributed by atoms with van der Waals surface area (Å²) in [6.45, 7) is 6.73. The zero-order valence-electron chi connectivity index (χ0n) is 12.2. The second-order valence-corrected chi connectivity index (χ2v) is 6.22. The number of nitrogens with one attached hydrogen (secondary N) is 1. The third-order valence-electron chi connectivity index (χ3n) is 4.55. The van der Waals surface area contributed by atoms with Gasteiger partial charge < -0.3 is 15.0 Å². The highest BCUT2D eigenvalue weighted by Gasteiger charge is 2.21. The van der Waals surface area contributed by atoms with Gasteiger partial charge >= 0.3 is 0 Å². The van der Waals surface area contributed by atoms with Crippen LogP contribution in [0, 0.1) is 5.92 Å². The average Bonchev–Trinajstić information content (AvgIpc) is 2.84. The summed E-state index contributed by atoms with van der Waals surface area (Å²) in [6.07, 6.45) is 8.60.